The number of hydrazine groups is 1. The number of carbonyl (C=O) groups is 1. The average molecular weight is 289 g/mol. The third-order valence-electron chi connectivity index (χ3n) is 3.31. The third kappa shape index (κ3) is 2.72. The van der Waals surface area contributed by atoms with Crippen LogP contribution in [0, 0.1) is 5.92 Å². The maximum Gasteiger partial charge on any atom is 0.242 e. The highest BCUT2D eigenvalue weighted by Gasteiger charge is 2.44. The second-order valence-electron chi connectivity index (χ2n) is 4.68. The molecule has 20 heavy (non-hydrogen) atoms. The van der Waals surface area contributed by atoms with Crippen LogP contribution < -0.4 is 10.9 Å². The standard InChI is InChI=1S/C14H13ClN4O/c15-12-4-2-1-3-9(12)10-7-11(10)14(20)19-18-13-8-16-5-6-17-13/h1-6,8,10-11H,7H2,(H,17,18)(H,19,20)/t10-,11-/m0/s1. The maximum absolute atomic E-state index is 12.0. The highest BCUT2D eigenvalue weighted by Crippen LogP contribution is 2.49. The molecule has 0 radical (unpaired) electrons. The molecule has 2 aromatic rings. The molecule has 102 valence electrons. The monoisotopic (exact) mass is 288 g/mol. The van der Waals surface area contributed by atoms with Crippen molar-refractivity contribution in [3.05, 3.63) is 53.4 Å². The molecule has 1 heterocycles. The first-order valence-electron chi connectivity index (χ1n) is 6.32. The van der Waals surface area contributed by atoms with Crippen molar-refractivity contribution in [1.29, 1.82) is 0 Å². The Balaban J connectivity index is 1.57. The van der Waals surface area contributed by atoms with E-state index in [1.54, 1.807) is 18.6 Å². The van der Waals surface area contributed by atoms with E-state index in [4.69, 9.17) is 11.6 Å². The summed E-state index contributed by atoms with van der Waals surface area (Å²) < 4.78 is 0. The molecule has 1 amide bonds. The number of benzene rings is 1. The van der Waals surface area contributed by atoms with Crippen molar-refractivity contribution in [3.63, 3.8) is 0 Å². The van der Waals surface area contributed by atoms with Gasteiger partial charge in [0.25, 0.3) is 0 Å². The van der Waals surface area contributed by atoms with Gasteiger partial charge in [0.1, 0.15) is 0 Å². The number of amides is 1. The summed E-state index contributed by atoms with van der Waals surface area (Å²) in [6.07, 6.45) is 5.48. The van der Waals surface area contributed by atoms with Crippen LogP contribution >= 0.6 is 11.6 Å². The van der Waals surface area contributed by atoms with E-state index in [-0.39, 0.29) is 17.7 Å². The van der Waals surface area contributed by atoms with E-state index in [1.165, 1.54) is 0 Å². The van der Waals surface area contributed by atoms with Crippen LogP contribution in [0.15, 0.2) is 42.9 Å². The quantitative estimate of drug-likeness (QED) is 0.848. The van der Waals surface area contributed by atoms with Crippen LogP contribution in [0.2, 0.25) is 5.02 Å². The molecular formula is C14H13ClN4O. The molecule has 3 rings (SSSR count). The lowest BCUT2D eigenvalue weighted by Gasteiger charge is -2.07. The minimum atomic E-state index is -0.0550. The van der Waals surface area contributed by atoms with Crippen LogP contribution in [0.5, 0.6) is 0 Å². The van der Waals surface area contributed by atoms with Crippen molar-refractivity contribution < 1.29 is 4.79 Å². The molecule has 6 heteroatoms. The minimum Gasteiger partial charge on any atom is -0.281 e. The summed E-state index contributed by atoms with van der Waals surface area (Å²) in [6.45, 7) is 0. The topological polar surface area (TPSA) is 66.9 Å². The van der Waals surface area contributed by atoms with E-state index in [9.17, 15) is 4.79 Å². The largest absolute Gasteiger partial charge is 0.281 e. The molecule has 0 aliphatic heterocycles. The second kappa shape index (κ2) is 5.46. The van der Waals surface area contributed by atoms with Gasteiger partial charge in [-0.3, -0.25) is 20.6 Å². The van der Waals surface area contributed by atoms with Gasteiger partial charge in [-0.15, -0.1) is 0 Å². The summed E-state index contributed by atoms with van der Waals surface area (Å²) in [5.74, 6) is 0.614. The Labute approximate surface area is 121 Å². The number of hydrogen-bond donors (Lipinski definition) is 2. The zero-order valence-electron chi connectivity index (χ0n) is 10.6. The van der Waals surface area contributed by atoms with Crippen LogP contribution in [0.4, 0.5) is 5.82 Å². The van der Waals surface area contributed by atoms with Crippen molar-refractivity contribution in [3.8, 4) is 0 Å². The summed E-state index contributed by atoms with van der Waals surface area (Å²) >= 11 is 6.14. The zero-order valence-corrected chi connectivity index (χ0v) is 11.3. The Hall–Kier alpha value is -2.14. The van der Waals surface area contributed by atoms with Crippen LogP contribution in [0.3, 0.4) is 0 Å². The van der Waals surface area contributed by atoms with E-state index in [0.717, 1.165) is 17.0 Å². The van der Waals surface area contributed by atoms with Crippen LogP contribution in [-0.2, 0) is 4.79 Å². The van der Waals surface area contributed by atoms with Crippen molar-refractivity contribution in [1.82, 2.24) is 15.4 Å². The molecule has 0 unspecified atom stereocenters. The number of rotatable bonds is 4. The van der Waals surface area contributed by atoms with Crippen molar-refractivity contribution in [2.24, 2.45) is 5.92 Å². The molecule has 1 aliphatic rings. The number of aromatic nitrogens is 2. The Morgan fingerprint density at radius 1 is 1.30 bits per heavy atom. The van der Waals surface area contributed by atoms with E-state index in [2.05, 4.69) is 20.8 Å². The number of hydrogen-bond acceptors (Lipinski definition) is 4. The van der Waals surface area contributed by atoms with Gasteiger partial charge < -0.3 is 0 Å². The molecule has 1 fully saturated rings. The molecule has 2 N–H and O–H groups in total. The van der Waals surface area contributed by atoms with Gasteiger partial charge >= 0.3 is 0 Å². The summed E-state index contributed by atoms with van der Waals surface area (Å²) in [5, 5.41) is 0.717. The molecule has 1 aromatic carbocycles. The first kappa shape index (κ1) is 12.9. The van der Waals surface area contributed by atoms with Crippen LogP contribution in [-0.4, -0.2) is 15.9 Å². The number of halogens is 1. The second-order valence-corrected chi connectivity index (χ2v) is 5.08. The molecular weight excluding hydrogens is 276 g/mol. The Morgan fingerprint density at radius 2 is 2.15 bits per heavy atom. The van der Waals surface area contributed by atoms with Crippen molar-refractivity contribution in [2.45, 2.75) is 12.3 Å². The van der Waals surface area contributed by atoms with E-state index >= 15 is 0 Å². The summed E-state index contributed by atoms with van der Waals surface area (Å²) in [6, 6.07) is 7.64. The van der Waals surface area contributed by atoms with Crippen LogP contribution in [0.25, 0.3) is 0 Å². The summed E-state index contributed by atoms with van der Waals surface area (Å²) in [4.78, 5) is 19.9. The summed E-state index contributed by atoms with van der Waals surface area (Å²) in [5.41, 5.74) is 6.43. The van der Waals surface area contributed by atoms with Gasteiger partial charge in [0.05, 0.1) is 6.20 Å². The zero-order chi connectivity index (χ0) is 13.9. The van der Waals surface area contributed by atoms with Gasteiger partial charge in [-0.25, -0.2) is 4.98 Å². The fraction of sp³-hybridized carbons (Fsp3) is 0.214. The molecule has 5 nitrogen and oxygen atoms in total. The Morgan fingerprint density at radius 3 is 2.90 bits per heavy atom. The first-order valence-corrected chi connectivity index (χ1v) is 6.70. The highest BCUT2D eigenvalue weighted by molar-refractivity contribution is 6.31. The maximum atomic E-state index is 12.0. The van der Waals surface area contributed by atoms with Gasteiger partial charge in [0.2, 0.25) is 5.91 Å². The van der Waals surface area contributed by atoms with E-state index in [1.807, 2.05) is 24.3 Å². The molecule has 0 spiro atoms. The molecule has 0 saturated heterocycles. The minimum absolute atomic E-state index is 0.0425. The normalized spacial score (nSPS) is 20.2. The lowest BCUT2D eigenvalue weighted by Crippen LogP contribution is -2.31. The molecule has 1 saturated carbocycles. The van der Waals surface area contributed by atoms with Crippen molar-refractivity contribution in [2.75, 3.05) is 5.43 Å². The number of anilines is 1. The predicted molar refractivity (Wildman–Crippen MR) is 76.1 cm³/mol. The Bertz CT molecular complexity index is 620. The average Bonchev–Trinajstić information content (AvgIpc) is 3.27. The van der Waals surface area contributed by atoms with E-state index in [0.29, 0.717) is 5.82 Å². The lowest BCUT2D eigenvalue weighted by atomic mass is 10.1. The molecule has 1 aliphatic carbocycles. The third-order valence-corrected chi connectivity index (χ3v) is 3.65. The van der Waals surface area contributed by atoms with Gasteiger partial charge in [-0.05, 0) is 24.0 Å². The van der Waals surface area contributed by atoms with E-state index < -0.39 is 0 Å². The van der Waals surface area contributed by atoms with Crippen LogP contribution in [0.1, 0.15) is 17.9 Å². The molecule has 0 bridgehead atoms. The fourth-order valence-electron chi connectivity index (χ4n) is 2.19. The Kier molecular flexibility index (Phi) is 3.52. The smallest absolute Gasteiger partial charge is 0.242 e. The summed E-state index contributed by atoms with van der Waals surface area (Å²) in [7, 11) is 0. The van der Waals surface area contributed by atoms with Gasteiger partial charge in [0, 0.05) is 23.3 Å². The van der Waals surface area contributed by atoms with Crippen molar-refractivity contribution >= 4 is 23.3 Å². The lowest BCUT2D eigenvalue weighted by molar-refractivity contribution is -0.121. The van der Waals surface area contributed by atoms with Gasteiger partial charge in [-0.2, -0.15) is 0 Å². The number of carbonyl (C=O) groups excluding carboxylic acids is 1. The van der Waals surface area contributed by atoms with Gasteiger partial charge in [-0.1, -0.05) is 29.8 Å². The first-order chi connectivity index (χ1) is 9.75. The fourth-order valence-corrected chi connectivity index (χ4v) is 2.46. The number of nitrogens with zero attached hydrogens (tertiary/aromatic N) is 2. The molecule has 2 atom stereocenters. The predicted octanol–water partition coefficient (Wildman–Crippen LogP) is 2.38. The number of nitrogens with one attached hydrogen (secondary N) is 2. The molecule has 1 aromatic heterocycles. The SMILES string of the molecule is O=C(NNc1cnccn1)[C@H]1C[C@H]1c1ccccc1Cl. The highest BCUT2D eigenvalue weighted by atomic mass is 35.5. The van der Waals surface area contributed by atoms with Gasteiger partial charge in [0.15, 0.2) is 5.82 Å².